The Morgan fingerprint density at radius 2 is 2.12 bits per heavy atom. The van der Waals surface area contributed by atoms with Gasteiger partial charge in [-0.2, -0.15) is 5.10 Å². The van der Waals surface area contributed by atoms with Crippen molar-refractivity contribution in [2.24, 2.45) is 0 Å². The summed E-state index contributed by atoms with van der Waals surface area (Å²) in [5, 5.41) is 15.4. The average Bonchev–Trinajstić information content (AvgIpc) is 2.76. The summed E-state index contributed by atoms with van der Waals surface area (Å²) in [6.45, 7) is 2.66. The van der Waals surface area contributed by atoms with Crippen molar-refractivity contribution in [3.05, 3.63) is 51.8 Å². The lowest BCUT2D eigenvalue weighted by molar-refractivity contribution is 0.208. The van der Waals surface area contributed by atoms with Crippen LogP contribution >= 0.6 is 23.2 Å². The number of aryl methyl sites for hydroxylation is 1. The molecule has 1 aromatic heterocycles. The zero-order valence-electron chi connectivity index (χ0n) is 9.27. The van der Waals surface area contributed by atoms with Gasteiger partial charge in [0.05, 0.1) is 5.69 Å². The van der Waals surface area contributed by atoms with Crippen LogP contribution in [0.4, 0.5) is 0 Å². The first kappa shape index (κ1) is 12.4. The molecule has 1 N–H and O–H groups in total. The Labute approximate surface area is 110 Å². The monoisotopic (exact) mass is 270 g/mol. The largest absolute Gasteiger partial charge is 0.382 e. The molecular formula is C12H12Cl2N2O. The number of aliphatic hydroxyl groups is 1. The van der Waals surface area contributed by atoms with E-state index in [0.29, 0.717) is 22.2 Å². The number of benzene rings is 1. The Kier molecular flexibility index (Phi) is 3.72. The SMILES string of the molecule is CCn1nccc1C(O)c1ccc(Cl)cc1Cl. The molecule has 1 aromatic carbocycles. The van der Waals surface area contributed by atoms with Crippen LogP contribution in [0.1, 0.15) is 24.3 Å². The second kappa shape index (κ2) is 5.08. The van der Waals surface area contributed by atoms with E-state index in [2.05, 4.69) is 5.10 Å². The standard InChI is InChI=1S/C12H12Cl2N2O/c1-2-16-11(5-6-15-16)12(17)9-4-3-8(13)7-10(9)14/h3-7,12,17H,2H2,1H3. The highest BCUT2D eigenvalue weighted by molar-refractivity contribution is 6.35. The van der Waals surface area contributed by atoms with E-state index in [1.54, 1.807) is 35.1 Å². The van der Waals surface area contributed by atoms with Gasteiger partial charge in [0.15, 0.2) is 0 Å². The predicted octanol–water partition coefficient (Wildman–Crippen LogP) is 3.29. The molecule has 90 valence electrons. The van der Waals surface area contributed by atoms with Crippen molar-refractivity contribution in [2.45, 2.75) is 19.6 Å². The lowest BCUT2D eigenvalue weighted by Crippen LogP contribution is -2.09. The fourth-order valence-electron chi connectivity index (χ4n) is 1.72. The van der Waals surface area contributed by atoms with Crippen LogP contribution in [0.2, 0.25) is 10.0 Å². The summed E-state index contributed by atoms with van der Waals surface area (Å²) in [5.41, 5.74) is 1.35. The number of nitrogens with zero attached hydrogens (tertiary/aromatic N) is 2. The third-order valence-electron chi connectivity index (χ3n) is 2.59. The van der Waals surface area contributed by atoms with Gasteiger partial charge in [0, 0.05) is 28.4 Å². The maximum absolute atomic E-state index is 10.3. The lowest BCUT2D eigenvalue weighted by Gasteiger charge is -2.14. The van der Waals surface area contributed by atoms with E-state index in [1.165, 1.54) is 0 Å². The van der Waals surface area contributed by atoms with Gasteiger partial charge in [0.1, 0.15) is 6.10 Å². The van der Waals surface area contributed by atoms with Gasteiger partial charge in [0.2, 0.25) is 0 Å². The molecule has 1 unspecified atom stereocenters. The summed E-state index contributed by atoms with van der Waals surface area (Å²) in [7, 11) is 0. The summed E-state index contributed by atoms with van der Waals surface area (Å²) in [4.78, 5) is 0. The van der Waals surface area contributed by atoms with E-state index < -0.39 is 6.10 Å². The Bertz CT molecular complexity index is 525. The van der Waals surface area contributed by atoms with Gasteiger partial charge >= 0.3 is 0 Å². The molecule has 0 saturated carbocycles. The molecule has 2 aromatic rings. The smallest absolute Gasteiger partial charge is 0.122 e. The minimum absolute atomic E-state index is 0.453. The van der Waals surface area contributed by atoms with E-state index in [0.717, 1.165) is 5.69 Å². The van der Waals surface area contributed by atoms with Gasteiger partial charge in [0.25, 0.3) is 0 Å². The molecule has 1 heterocycles. The Hall–Kier alpha value is -1.03. The molecule has 17 heavy (non-hydrogen) atoms. The van der Waals surface area contributed by atoms with Gasteiger partial charge in [-0.05, 0) is 25.1 Å². The van der Waals surface area contributed by atoms with E-state index in [4.69, 9.17) is 23.2 Å². The van der Waals surface area contributed by atoms with Crippen LogP contribution in [0.25, 0.3) is 0 Å². The van der Waals surface area contributed by atoms with Crippen molar-refractivity contribution in [1.29, 1.82) is 0 Å². The molecule has 0 radical (unpaired) electrons. The molecule has 3 nitrogen and oxygen atoms in total. The molecular weight excluding hydrogens is 259 g/mol. The van der Waals surface area contributed by atoms with E-state index in [-0.39, 0.29) is 0 Å². The molecule has 0 aliphatic heterocycles. The molecule has 1 atom stereocenters. The minimum atomic E-state index is -0.790. The normalized spacial score (nSPS) is 12.7. The maximum Gasteiger partial charge on any atom is 0.122 e. The Morgan fingerprint density at radius 1 is 1.35 bits per heavy atom. The van der Waals surface area contributed by atoms with Crippen molar-refractivity contribution in [2.75, 3.05) is 0 Å². The highest BCUT2D eigenvalue weighted by Gasteiger charge is 2.17. The number of hydrogen-bond acceptors (Lipinski definition) is 2. The molecule has 0 fully saturated rings. The Balaban J connectivity index is 2.40. The summed E-state index contributed by atoms with van der Waals surface area (Å²) in [6.07, 6.45) is 0.869. The van der Waals surface area contributed by atoms with Crippen molar-refractivity contribution >= 4 is 23.2 Å². The molecule has 0 saturated heterocycles. The van der Waals surface area contributed by atoms with Crippen LogP contribution in [0, 0.1) is 0 Å². The number of aliphatic hydroxyl groups excluding tert-OH is 1. The molecule has 0 amide bonds. The van der Waals surface area contributed by atoms with Crippen LogP contribution in [-0.2, 0) is 6.54 Å². The highest BCUT2D eigenvalue weighted by atomic mass is 35.5. The van der Waals surface area contributed by atoms with Crippen LogP contribution in [0.5, 0.6) is 0 Å². The Morgan fingerprint density at radius 3 is 2.76 bits per heavy atom. The number of rotatable bonds is 3. The molecule has 5 heteroatoms. The highest BCUT2D eigenvalue weighted by Crippen LogP contribution is 2.30. The summed E-state index contributed by atoms with van der Waals surface area (Å²) in [6, 6.07) is 6.83. The summed E-state index contributed by atoms with van der Waals surface area (Å²) in [5.74, 6) is 0. The first-order valence-corrected chi connectivity index (χ1v) is 6.03. The zero-order valence-corrected chi connectivity index (χ0v) is 10.8. The van der Waals surface area contributed by atoms with E-state index in [9.17, 15) is 5.11 Å². The average molecular weight is 271 g/mol. The van der Waals surface area contributed by atoms with Gasteiger partial charge < -0.3 is 5.11 Å². The number of aromatic nitrogens is 2. The third kappa shape index (κ3) is 2.46. The lowest BCUT2D eigenvalue weighted by atomic mass is 10.1. The maximum atomic E-state index is 10.3. The van der Waals surface area contributed by atoms with Gasteiger partial charge in [-0.15, -0.1) is 0 Å². The van der Waals surface area contributed by atoms with Crippen LogP contribution in [0.15, 0.2) is 30.5 Å². The van der Waals surface area contributed by atoms with Crippen molar-refractivity contribution in [1.82, 2.24) is 9.78 Å². The van der Waals surface area contributed by atoms with E-state index in [1.807, 2.05) is 6.92 Å². The first-order valence-electron chi connectivity index (χ1n) is 5.28. The summed E-state index contributed by atoms with van der Waals surface area (Å²) >= 11 is 11.9. The quantitative estimate of drug-likeness (QED) is 0.930. The van der Waals surface area contributed by atoms with Crippen molar-refractivity contribution in [3.63, 3.8) is 0 Å². The third-order valence-corrected chi connectivity index (χ3v) is 3.15. The van der Waals surface area contributed by atoms with Crippen LogP contribution in [-0.4, -0.2) is 14.9 Å². The van der Waals surface area contributed by atoms with Gasteiger partial charge in [-0.1, -0.05) is 29.3 Å². The van der Waals surface area contributed by atoms with Crippen LogP contribution in [0.3, 0.4) is 0 Å². The first-order chi connectivity index (χ1) is 8.13. The van der Waals surface area contributed by atoms with Crippen molar-refractivity contribution in [3.8, 4) is 0 Å². The molecule has 0 aliphatic carbocycles. The fourth-order valence-corrected chi connectivity index (χ4v) is 2.23. The zero-order chi connectivity index (χ0) is 12.4. The topological polar surface area (TPSA) is 38.0 Å². The second-order valence-corrected chi connectivity index (χ2v) is 4.48. The van der Waals surface area contributed by atoms with Crippen LogP contribution < -0.4 is 0 Å². The van der Waals surface area contributed by atoms with E-state index >= 15 is 0 Å². The molecule has 0 aliphatic rings. The molecule has 2 rings (SSSR count). The second-order valence-electron chi connectivity index (χ2n) is 3.64. The number of halogens is 2. The molecule has 0 bridgehead atoms. The molecule has 0 spiro atoms. The fraction of sp³-hybridized carbons (Fsp3) is 0.250. The predicted molar refractivity (Wildman–Crippen MR) is 68.4 cm³/mol. The number of hydrogen-bond donors (Lipinski definition) is 1. The van der Waals surface area contributed by atoms with Gasteiger partial charge in [-0.25, -0.2) is 0 Å². The summed E-state index contributed by atoms with van der Waals surface area (Å²) < 4.78 is 1.73. The minimum Gasteiger partial charge on any atom is -0.382 e. The van der Waals surface area contributed by atoms with Crippen molar-refractivity contribution < 1.29 is 5.11 Å². The van der Waals surface area contributed by atoms with Gasteiger partial charge in [-0.3, -0.25) is 4.68 Å².